The zero-order valence-corrected chi connectivity index (χ0v) is 10.4. The second-order valence-electron chi connectivity index (χ2n) is 4.20. The van der Waals surface area contributed by atoms with E-state index >= 15 is 0 Å². The highest BCUT2D eigenvalue weighted by Crippen LogP contribution is 2.19. The number of allylic oxidation sites excluding steroid dienone is 3. The monoisotopic (exact) mass is 230 g/mol. The molecule has 0 unspecified atom stereocenters. The first-order valence-corrected chi connectivity index (χ1v) is 6.36. The molecule has 1 heterocycles. The summed E-state index contributed by atoms with van der Waals surface area (Å²) in [5, 5.41) is 0. The van der Waals surface area contributed by atoms with Crippen molar-refractivity contribution in [3.8, 4) is 0 Å². The lowest BCUT2D eigenvalue weighted by Crippen LogP contribution is -2.28. The van der Waals surface area contributed by atoms with Crippen LogP contribution in [0.5, 0.6) is 0 Å². The number of benzene rings is 1. The molecule has 0 saturated carbocycles. The number of hydrogen-bond donors (Lipinski definition) is 0. The molecule has 0 aliphatic carbocycles. The molecule has 0 radical (unpaired) electrons. The zero-order valence-electron chi connectivity index (χ0n) is 9.62. The van der Waals surface area contributed by atoms with Gasteiger partial charge >= 0.3 is 6.13 Å². The molecule has 16 heavy (non-hydrogen) atoms. The number of rotatable bonds is 3. The van der Waals surface area contributed by atoms with Crippen LogP contribution < -0.4 is 5.46 Å². The van der Waals surface area contributed by atoms with Crippen LogP contribution in [0.4, 0.5) is 0 Å². The summed E-state index contributed by atoms with van der Waals surface area (Å²) in [5.74, 6) is 0. The third-order valence-electron chi connectivity index (χ3n) is 3.00. The molecule has 82 valence electrons. The third kappa shape index (κ3) is 2.41. The molecule has 1 aliphatic heterocycles. The first-order chi connectivity index (χ1) is 7.83. The molecule has 1 aromatic carbocycles. The highest BCUT2D eigenvalue weighted by molar-refractivity contribution is 7.18. The van der Waals surface area contributed by atoms with Crippen LogP contribution in [0.25, 0.3) is 6.08 Å². The van der Waals surface area contributed by atoms with Crippen LogP contribution in [0.15, 0.2) is 41.9 Å². The van der Waals surface area contributed by atoms with E-state index in [9.17, 15) is 0 Å². The van der Waals surface area contributed by atoms with Crippen molar-refractivity contribution < 1.29 is 0 Å². The molecule has 0 spiro atoms. The molecule has 0 saturated heterocycles. The normalized spacial score (nSPS) is 14.4. The Morgan fingerprint density at radius 2 is 2.06 bits per heavy atom. The molecule has 0 nitrogen and oxygen atoms in total. The number of halogens is 1. The van der Waals surface area contributed by atoms with Crippen molar-refractivity contribution in [2.75, 3.05) is 0 Å². The Hall–Kier alpha value is -0.945. The highest BCUT2D eigenvalue weighted by Gasteiger charge is 2.21. The van der Waals surface area contributed by atoms with Crippen LogP contribution in [0.3, 0.4) is 0 Å². The largest absolute Gasteiger partial charge is 0.312 e. The molecule has 0 aromatic heterocycles. The van der Waals surface area contributed by atoms with Crippen LogP contribution >= 0.6 is 11.5 Å². The molecule has 0 bridgehead atoms. The molecule has 2 heteroatoms. The Morgan fingerprint density at radius 3 is 2.88 bits per heavy atom. The van der Waals surface area contributed by atoms with Gasteiger partial charge in [0.1, 0.15) is 0 Å². The number of unbranched alkanes of at least 4 members (excludes halogenated alkanes) is 1. The van der Waals surface area contributed by atoms with Crippen molar-refractivity contribution in [1.29, 1.82) is 0 Å². The van der Waals surface area contributed by atoms with E-state index < -0.39 is 0 Å². The lowest BCUT2D eigenvalue weighted by molar-refractivity contribution is 0.806. The zero-order chi connectivity index (χ0) is 11.4. The molecule has 0 atom stereocenters. The summed E-state index contributed by atoms with van der Waals surface area (Å²) >= 11 is 6.55. The summed E-state index contributed by atoms with van der Waals surface area (Å²) in [5.41, 5.74) is 3.82. The van der Waals surface area contributed by atoms with Gasteiger partial charge in [-0.05, 0) is 12.0 Å². The lowest BCUT2D eigenvalue weighted by Gasteiger charge is -2.11. The van der Waals surface area contributed by atoms with Gasteiger partial charge in [0.25, 0.3) is 0 Å². The summed E-state index contributed by atoms with van der Waals surface area (Å²) in [6.07, 6.45) is 10.0. The maximum Gasteiger partial charge on any atom is 0.312 e. The van der Waals surface area contributed by atoms with Crippen molar-refractivity contribution in [2.45, 2.75) is 26.2 Å². The van der Waals surface area contributed by atoms with E-state index in [4.69, 9.17) is 11.5 Å². The van der Waals surface area contributed by atoms with Crippen molar-refractivity contribution in [3.63, 3.8) is 0 Å². The average molecular weight is 231 g/mol. The van der Waals surface area contributed by atoms with Gasteiger partial charge in [-0.15, -0.1) is 0 Å². The third-order valence-corrected chi connectivity index (χ3v) is 3.52. The quantitative estimate of drug-likeness (QED) is 0.693. The second kappa shape index (κ2) is 5.40. The van der Waals surface area contributed by atoms with E-state index in [1.807, 2.05) is 0 Å². The van der Waals surface area contributed by atoms with Crippen LogP contribution in [0.2, 0.25) is 0 Å². The van der Waals surface area contributed by atoms with Crippen LogP contribution in [-0.4, -0.2) is 6.13 Å². The minimum absolute atomic E-state index is 0.0396. The smallest absolute Gasteiger partial charge is 0.182 e. The van der Waals surface area contributed by atoms with E-state index in [1.54, 1.807) is 0 Å². The minimum Gasteiger partial charge on any atom is -0.182 e. The van der Waals surface area contributed by atoms with Gasteiger partial charge in [-0.25, -0.2) is 0 Å². The van der Waals surface area contributed by atoms with Gasteiger partial charge < -0.3 is 0 Å². The topological polar surface area (TPSA) is 0 Å². The Bertz CT molecular complexity index is 420. The Labute approximate surface area is 103 Å². The van der Waals surface area contributed by atoms with Crippen molar-refractivity contribution >= 4 is 29.1 Å². The predicted octanol–water partition coefficient (Wildman–Crippen LogP) is 3.81. The fourth-order valence-electron chi connectivity index (χ4n) is 2.04. The molecular formula is C14H16BCl. The van der Waals surface area contributed by atoms with Gasteiger partial charge in [0.2, 0.25) is 0 Å². The van der Waals surface area contributed by atoms with E-state index in [2.05, 4.69) is 49.4 Å². The standard InChI is InChI=1S/C14H16BCl/c1-2-3-9-13-10-6-8-12-7-4-5-11-14(12)15(13)16/h4-8,10-11H,2-3,9H2,1H3. The molecule has 2 rings (SSSR count). The molecule has 1 aromatic rings. The van der Waals surface area contributed by atoms with Crippen LogP contribution in [0, 0.1) is 0 Å². The van der Waals surface area contributed by atoms with Gasteiger partial charge in [0.15, 0.2) is 0 Å². The maximum atomic E-state index is 6.55. The molecular weight excluding hydrogens is 214 g/mol. The first-order valence-electron chi connectivity index (χ1n) is 5.93. The molecule has 0 amide bonds. The van der Waals surface area contributed by atoms with Gasteiger partial charge in [0, 0.05) is 0 Å². The van der Waals surface area contributed by atoms with E-state index in [1.165, 1.54) is 29.3 Å². The average Bonchev–Trinajstić information content (AvgIpc) is 2.47. The Kier molecular flexibility index (Phi) is 3.90. The van der Waals surface area contributed by atoms with Gasteiger partial charge in [-0.3, -0.25) is 0 Å². The summed E-state index contributed by atoms with van der Waals surface area (Å²) in [4.78, 5) is 0. The van der Waals surface area contributed by atoms with E-state index in [0.29, 0.717) is 0 Å². The van der Waals surface area contributed by atoms with Crippen LogP contribution in [-0.2, 0) is 0 Å². The molecule has 0 fully saturated rings. The summed E-state index contributed by atoms with van der Waals surface area (Å²) in [7, 11) is 0. The van der Waals surface area contributed by atoms with Crippen molar-refractivity contribution in [2.24, 2.45) is 0 Å². The fourth-order valence-corrected chi connectivity index (χ4v) is 2.42. The van der Waals surface area contributed by atoms with Gasteiger partial charge in [0.05, 0.1) is 0 Å². The number of hydrogen-bond acceptors (Lipinski definition) is 0. The molecule has 1 aliphatic rings. The fraction of sp³-hybridized carbons (Fsp3) is 0.286. The second-order valence-corrected chi connectivity index (χ2v) is 4.63. The van der Waals surface area contributed by atoms with Gasteiger partial charge in [-0.1, -0.05) is 73.2 Å². The summed E-state index contributed by atoms with van der Waals surface area (Å²) in [6, 6.07) is 8.37. The molecule has 0 N–H and O–H groups in total. The minimum atomic E-state index is 0.0396. The van der Waals surface area contributed by atoms with E-state index in [-0.39, 0.29) is 6.13 Å². The van der Waals surface area contributed by atoms with Crippen molar-refractivity contribution in [3.05, 3.63) is 47.5 Å². The van der Waals surface area contributed by atoms with Gasteiger partial charge in [-0.2, -0.15) is 11.5 Å². The summed E-state index contributed by atoms with van der Waals surface area (Å²) < 4.78 is 0. The SMILES string of the molecule is CCCCC1=CC=Cc2ccccc2B1Cl. The Balaban J connectivity index is 2.28. The summed E-state index contributed by atoms with van der Waals surface area (Å²) in [6.45, 7) is 2.21. The number of fused-ring (bicyclic) bond motifs is 1. The lowest BCUT2D eigenvalue weighted by atomic mass is 9.59. The first kappa shape index (κ1) is 11.5. The predicted molar refractivity (Wildman–Crippen MR) is 74.3 cm³/mol. The maximum absolute atomic E-state index is 6.55. The van der Waals surface area contributed by atoms with Crippen LogP contribution in [0.1, 0.15) is 31.7 Å². The highest BCUT2D eigenvalue weighted by atomic mass is 35.5. The van der Waals surface area contributed by atoms with E-state index in [0.717, 1.165) is 6.42 Å². The Morgan fingerprint density at radius 1 is 1.25 bits per heavy atom. The van der Waals surface area contributed by atoms with Crippen molar-refractivity contribution in [1.82, 2.24) is 0 Å².